The summed E-state index contributed by atoms with van der Waals surface area (Å²) in [5.74, 6) is 0. The molecular formula is C10H12N2O3S. The Bertz CT molecular complexity index is 505. The van der Waals surface area contributed by atoms with Gasteiger partial charge >= 0.3 is 0 Å². The topological polar surface area (TPSA) is 81.4 Å². The average molecular weight is 240 g/mol. The second-order valence-corrected chi connectivity index (χ2v) is 5.23. The summed E-state index contributed by atoms with van der Waals surface area (Å²) in [6, 6.07) is 7.65. The van der Waals surface area contributed by atoms with Gasteiger partial charge < -0.3 is 5.11 Å². The molecule has 6 heteroatoms. The molecule has 5 nitrogen and oxygen atoms in total. The van der Waals surface area contributed by atoms with Gasteiger partial charge in [-0.25, -0.2) is 8.42 Å². The second-order valence-electron chi connectivity index (χ2n) is 3.19. The highest BCUT2D eigenvalue weighted by Crippen LogP contribution is 2.15. The lowest BCUT2D eigenvalue weighted by Gasteiger charge is -2.15. The number of hydrogen-bond acceptors (Lipinski definition) is 4. The fourth-order valence-corrected chi connectivity index (χ4v) is 2.38. The van der Waals surface area contributed by atoms with E-state index in [-0.39, 0.29) is 18.0 Å². The Hall–Kier alpha value is -1.42. The summed E-state index contributed by atoms with van der Waals surface area (Å²) in [7, 11) is -2.23. The first-order chi connectivity index (χ1) is 7.52. The number of benzene rings is 1. The minimum absolute atomic E-state index is 0.0269. The number of nitrogens with zero attached hydrogens (tertiary/aromatic N) is 2. The van der Waals surface area contributed by atoms with Crippen molar-refractivity contribution in [2.45, 2.75) is 4.90 Å². The highest BCUT2D eigenvalue weighted by atomic mass is 32.2. The number of nitriles is 1. The molecule has 0 heterocycles. The lowest BCUT2D eigenvalue weighted by atomic mass is 10.2. The molecule has 0 saturated heterocycles. The molecule has 0 amide bonds. The molecule has 86 valence electrons. The van der Waals surface area contributed by atoms with Gasteiger partial charge in [-0.05, 0) is 18.2 Å². The van der Waals surface area contributed by atoms with Crippen LogP contribution in [-0.4, -0.2) is 38.0 Å². The van der Waals surface area contributed by atoms with Gasteiger partial charge in [-0.1, -0.05) is 6.07 Å². The van der Waals surface area contributed by atoms with Gasteiger partial charge in [-0.2, -0.15) is 9.57 Å². The summed E-state index contributed by atoms with van der Waals surface area (Å²) in [4.78, 5) is 0.0579. The van der Waals surface area contributed by atoms with Crippen LogP contribution in [0.2, 0.25) is 0 Å². The van der Waals surface area contributed by atoms with Gasteiger partial charge in [0.2, 0.25) is 10.0 Å². The van der Waals surface area contributed by atoms with E-state index in [1.54, 1.807) is 0 Å². The zero-order valence-corrected chi connectivity index (χ0v) is 9.61. The maximum atomic E-state index is 11.9. The first kappa shape index (κ1) is 12.6. The monoisotopic (exact) mass is 240 g/mol. The van der Waals surface area contributed by atoms with E-state index in [0.717, 1.165) is 4.31 Å². The molecule has 1 N–H and O–H groups in total. The largest absolute Gasteiger partial charge is 0.395 e. The molecule has 16 heavy (non-hydrogen) atoms. The van der Waals surface area contributed by atoms with Crippen molar-refractivity contribution in [2.24, 2.45) is 0 Å². The van der Waals surface area contributed by atoms with E-state index in [4.69, 9.17) is 10.4 Å². The molecule has 0 aromatic heterocycles. The first-order valence-corrected chi connectivity index (χ1v) is 6.03. The molecule has 0 atom stereocenters. The zero-order chi connectivity index (χ0) is 12.2. The standard InChI is InChI=1S/C10H12N2O3S/c1-12(5-6-13)16(14,15)10-4-2-3-9(7-10)8-11/h2-4,7,13H,5-6H2,1H3. The van der Waals surface area contributed by atoms with Gasteiger partial charge in [-0.15, -0.1) is 0 Å². The van der Waals surface area contributed by atoms with Crippen molar-refractivity contribution in [1.82, 2.24) is 4.31 Å². The molecule has 1 rings (SSSR count). The summed E-state index contributed by atoms with van der Waals surface area (Å²) in [5.41, 5.74) is 0.290. The molecule has 1 aromatic carbocycles. The van der Waals surface area contributed by atoms with Crippen LogP contribution in [-0.2, 0) is 10.0 Å². The van der Waals surface area contributed by atoms with Gasteiger partial charge in [0.05, 0.1) is 23.1 Å². The van der Waals surface area contributed by atoms with Crippen molar-refractivity contribution < 1.29 is 13.5 Å². The summed E-state index contributed by atoms with van der Waals surface area (Å²) in [5, 5.41) is 17.4. The molecule has 0 aliphatic carbocycles. The Morgan fingerprint density at radius 3 is 2.75 bits per heavy atom. The molecule has 0 bridgehead atoms. The van der Waals surface area contributed by atoms with Crippen molar-refractivity contribution in [2.75, 3.05) is 20.2 Å². The highest BCUT2D eigenvalue weighted by Gasteiger charge is 2.20. The number of sulfonamides is 1. The van der Waals surface area contributed by atoms with E-state index in [2.05, 4.69) is 0 Å². The molecule has 0 spiro atoms. The molecule has 0 radical (unpaired) electrons. The molecule has 0 fully saturated rings. The van der Waals surface area contributed by atoms with Crippen LogP contribution in [0.3, 0.4) is 0 Å². The zero-order valence-electron chi connectivity index (χ0n) is 8.79. The molecule has 1 aromatic rings. The number of rotatable bonds is 4. The molecular weight excluding hydrogens is 228 g/mol. The average Bonchev–Trinajstić information content (AvgIpc) is 2.29. The number of aliphatic hydroxyl groups is 1. The predicted octanol–water partition coefficient (Wildman–Crippen LogP) is 0.171. The van der Waals surface area contributed by atoms with E-state index in [0.29, 0.717) is 5.56 Å². The number of hydrogen-bond donors (Lipinski definition) is 1. The van der Waals surface area contributed by atoms with Crippen LogP contribution < -0.4 is 0 Å². The normalized spacial score (nSPS) is 11.4. The van der Waals surface area contributed by atoms with Crippen molar-refractivity contribution in [3.63, 3.8) is 0 Å². The lowest BCUT2D eigenvalue weighted by Crippen LogP contribution is -2.29. The van der Waals surface area contributed by atoms with E-state index in [1.165, 1.54) is 31.3 Å². The fraction of sp³-hybridized carbons (Fsp3) is 0.300. The van der Waals surface area contributed by atoms with E-state index >= 15 is 0 Å². The molecule has 0 aliphatic heterocycles. The summed E-state index contributed by atoms with van der Waals surface area (Å²) in [6.07, 6.45) is 0. The quantitative estimate of drug-likeness (QED) is 0.813. The summed E-state index contributed by atoms with van der Waals surface area (Å²) in [6.45, 7) is -0.215. The minimum atomic E-state index is -3.61. The van der Waals surface area contributed by atoms with Gasteiger partial charge in [0.1, 0.15) is 0 Å². The lowest BCUT2D eigenvalue weighted by molar-refractivity contribution is 0.266. The van der Waals surface area contributed by atoms with Gasteiger partial charge in [0.25, 0.3) is 0 Å². The Labute approximate surface area is 94.6 Å². The van der Waals surface area contributed by atoms with Gasteiger partial charge in [0.15, 0.2) is 0 Å². The smallest absolute Gasteiger partial charge is 0.242 e. The van der Waals surface area contributed by atoms with Crippen molar-refractivity contribution >= 4 is 10.0 Å². The third kappa shape index (κ3) is 2.58. The summed E-state index contributed by atoms with van der Waals surface area (Å²) < 4.78 is 24.8. The Balaban J connectivity index is 3.13. The Kier molecular flexibility index (Phi) is 4.01. The second kappa shape index (κ2) is 5.07. The maximum absolute atomic E-state index is 11.9. The van der Waals surface area contributed by atoms with Gasteiger partial charge in [-0.3, -0.25) is 0 Å². The van der Waals surface area contributed by atoms with Crippen LogP contribution >= 0.6 is 0 Å². The van der Waals surface area contributed by atoms with Crippen LogP contribution in [0.15, 0.2) is 29.2 Å². The third-order valence-corrected chi connectivity index (χ3v) is 3.94. The first-order valence-electron chi connectivity index (χ1n) is 4.59. The maximum Gasteiger partial charge on any atom is 0.242 e. The van der Waals surface area contributed by atoms with Crippen molar-refractivity contribution in [3.05, 3.63) is 29.8 Å². The van der Waals surface area contributed by atoms with Crippen LogP contribution in [0.25, 0.3) is 0 Å². The van der Waals surface area contributed by atoms with E-state index in [9.17, 15) is 8.42 Å². The van der Waals surface area contributed by atoms with E-state index in [1.807, 2.05) is 6.07 Å². The third-order valence-electron chi connectivity index (χ3n) is 2.09. The van der Waals surface area contributed by atoms with Crippen LogP contribution in [0.5, 0.6) is 0 Å². The number of likely N-dealkylation sites (N-methyl/N-ethyl adjacent to an activating group) is 1. The van der Waals surface area contributed by atoms with Crippen LogP contribution in [0.4, 0.5) is 0 Å². The highest BCUT2D eigenvalue weighted by molar-refractivity contribution is 7.89. The molecule has 0 saturated carbocycles. The van der Waals surface area contributed by atoms with Crippen LogP contribution in [0.1, 0.15) is 5.56 Å². The minimum Gasteiger partial charge on any atom is -0.395 e. The SMILES string of the molecule is CN(CCO)S(=O)(=O)c1cccc(C#N)c1. The van der Waals surface area contributed by atoms with Crippen molar-refractivity contribution in [1.29, 1.82) is 5.26 Å². The Morgan fingerprint density at radius 2 is 2.19 bits per heavy atom. The number of aliphatic hydroxyl groups excluding tert-OH is 1. The summed E-state index contributed by atoms with van der Waals surface area (Å²) >= 11 is 0. The predicted molar refractivity (Wildman–Crippen MR) is 58.1 cm³/mol. The Morgan fingerprint density at radius 1 is 1.50 bits per heavy atom. The van der Waals surface area contributed by atoms with Crippen molar-refractivity contribution in [3.8, 4) is 6.07 Å². The van der Waals surface area contributed by atoms with Gasteiger partial charge in [0, 0.05) is 13.6 Å². The molecule has 0 aliphatic rings. The molecule has 0 unspecified atom stereocenters. The fourth-order valence-electron chi connectivity index (χ4n) is 1.17. The van der Waals surface area contributed by atoms with Crippen LogP contribution in [0, 0.1) is 11.3 Å². The van der Waals surface area contributed by atoms with E-state index < -0.39 is 10.0 Å².